The Hall–Kier alpha value is -0.730. The summed E-state index contributed by atoms with van der Waals surface area (Å²) in [6, 6.07) is -0.667. The highest BCUT2D eigenvalue weighted by Gasteiger charge is 2.32. The molecule has 0 spiro atoms. The molecule has 1 fully saturated rings. The van der Waals surface area contributed by atoms with Gasteiger partial charge >= 0.3 is 10.3 Å². The van der Waals surface area contributed by atoms with Gasteiger partial charge in [-0.1, -0.05) is 0 Å². The highest BCUT2D eigenvalue weighted by Crippen LogP contribution is 2.06. The number of aldehydes is 1. The van der Waals surface area contributed by atoms with Crippen LogP contribution < -0.4 is 5.32 Å². The summed E-state index contributed by atoms with van der Waals surface area (Å²) >= 11 is 4.55. The largest absolute Gasteiger partial charge is 0.361 e. The monoisotopic (exact) mass is 210 g/mol. The van der Waals surface area contributed by atoms with Crippen molar-refractivity contribution in [2.24, 2.45) is 0 Å². The molecule has 0 bridgehead atoms. The normalized spacial score (nSPS) is 23.9. The van der Waals surface area contributed by atoms with E-state index < -0.39 is 16.3 Å². The van der Waals surface area contributed by atoms with Gasteiger partial charge in [0.1, 0.15) is 12.3 Å². The van der Waals surface area contributed by atoms with Crippen molar-refractivity contribution in [3.8, 4) is 0 Å². The molecule has 0 aromatic heterocycles. The summed E-state index contributed by atoms with van der Waals surface area (Å²) in [5.74, 6) is 0. The molecule has 1 rings (SSSR count). The third-order valence-electron chi connectivity index (χ3n) is 1.34. The first-order valence-corrected chi connectivity index (χ1v) is 4.76. The van der Waals surface area contributed by atoms with Gasteiger partial charge < -0.3 is 10.1 Å². The molecule has 0 aromatic rings. The highest BCUT2D eigenvalue weighted by atomic mass is 32.2. The smallest absolute Gasteiger partial charge is 0.350 e. The fourth-order valence-electron chi connectivity index (χ4n) is 0.814. The van der Waals surface area contributed by atoms with Gasteiger partial charge in [-0.25, -0.2) is 4.31 Å². The number of carbonyl (C=O) groups is 1. The summed E-state index contributed by atoms with van der Waals surface area (Å²) in [6.07, 6.45) is 0.525. The van der Waals surface area contributed by atoms with Gasteiger partial charge in [0.15, 0.2) is 5.11 Å². The highest BCUT2D eigenvalue weighted by molar-refractivity contribution is 7.87. The second-order valence-corrected chi connectivity index (χ2v) is 3.92. The Balaban J connectivity index is 2.84. The van der Waals surface area contributed by atoms with E-state index in [1.165, 1.54) is 0 Å². The molecule has 0 amide bonds. The van der Waals surface area contributed by atoms with Gasteiger partial charge in [0.25, 0.3) is 0 Å². The van der Waals surface area contributed by atoms with Gasteiger partial charge in [-0.3, -0.25) is 4.55 Å². The van der Waals surface area contributed by atoms with Crippen molar-refractivity contribution in [2.75, 3.05) is 6.54 Å². The second-order valence-electron chi connectivity index (χ2n) is 2.20. The number of nitrogens with one attached hydrogen (secondary N) is 1. The first-order chi connectivity index (χ1) is 5.45. The fourth-order valence-corrected chi connectivity index (χ4v) is 1.93. The third-order valence-corrected chi connectivity index (χ3v) is 2.68. The molecule has 0 saturated carbocycles. The fraction of sp³-hybridized carbons (Fsp3) is 0.500. The topological polar surface area (TPSA) is 86.7 Å². The zero-order valence-electron chi connectivity index (χ0n) is 5.80. The van der Waals surface area contributed by atoms with Crippen LogP contribution in [0, 0.1) is 0 Å². The molecule has 6 nitrogen and oxygen atoms in total. The molecular formula is C4H6N2O4S2. The van der Waals surface area contributed by atoms with E-state index in [0.717, 1.165) is 0 Å². The average Bonchev–Trinajstić information content (AvgIpc) is 2.29. The maximum atomic E-state index is 10.5. The van der Waals surface area contributed by atoms with Crippen molar-refractivity contribution in [2.45, 2.75) is 6.04 Å². The van der Waals surface area contributed by atoms with E-state index in [1.54, 1.807) is 0 Å². The molecule has 8 heteroatoms. The van der Waals surface area contributed by atoms with Crippen LogP contribution >= 0.6 is 12.2 Å². The predicted octanol–water partition coefficient (Wildman–Crippen LogP) is -1.45. The summed E-state index contributed by atoms with van der Waals surface area (Å²) in [7, 11) is -4.32. The zero-order valence-corrected chi connectivity index (χ0v) is 7.43. The SMILES string of the molecule is O=CC1CN(S(=O)(=O)O)C(=S)N1. The van der Waals surface area contributed by atoms with Gasteiger partial charge in [-0.05, 0) is 12.2 Å². The Labute approximate surface area is 74.4 Å². The van der Waals surface area contributed by atoms with E-state index in [9.17, 15) is 13.2 Å². The number of nitrogens with zero attached hydrogens (tertiary/aromatic N) is 1. The van der Waals surface area contributed by atoms with E-state index in [2.05, 4.69) is 17.5 Å². The number of thiocarbonyl (C=S) groups is 1. The molecule has 0 radical (unpaired) electrons. The predicted molar refractivity (Wildman–Crippen MR) is 43.8 cm³/mol. The van der Waals surface area contributed by atoms with Crippen molar-refractivity contribution in [1.29, 1.82) is 0 Å². The number of hydrogen-bond acceptors (Lipinski definition) is 4. The minimum absolute atomic E-state index is 0.152. The molecule has 1 aliphatic rings. The van der Waals surface area contributed by atoms with Crippen LogP contribution in [0.4, 0.5) is 0 Å². The van der Waals surface area contributed by atoms with Crippen molar-refractivity contribution < 1.29 is 17.8 Å². The Kier molecular flexibility index (Phi) is 2.31. The number of carbonyl (C=O) groups excluding carboxylic acids is 1. The first-order valence-electron chi connectivity index (χ1n) is 2.96. The molecule has 1 unspecified atom stereocenters. The van der Waals surface area contributed by atoms with E-state index in [-0.39, 0.29) is 11.7 Å². The Morgan fingerprint density at radius 3 is 2.58 bits per heavy atom. The van der Waals surface area contributed by atoms with Gasteiger partial charge in [0.2, 0.25) is 0 Å². The quantitative estimate of drug-likeness (QED) is 0.329. The lowest BCUT2D eigenvalue weighted by atomic mass is 10.4. The van der Waals surface area contributed by atoms with Crippen LogP contribution in [0.2, 0.25) is 0 Å². The first kappa shape index (κ1) is 9.36. The minimum atomic E-state index is -4.32. The van der Waals surface area contributed by atoms with Crippen molar-refractivity contribution in [3.63, 3.8) is 0 Å². The molecule has 68 valence electrons. The van der Waals surface area contributed by atoms with Crippen LogP contribution in [0.3, 0.4) is 0 Å². The summed E-state index contributed by atoms with van der Waals surface area (Å²) in [5.41, 5.74) is 0. The molecule has 2 N–H and O–H groups in total. The van der Waals surface area contributed by atoms with Gasteiger partial charge in [-0.2, -0.15) is 8.42 Å². The van der Waals surface area contributed by atoms with Crippen LogP contribution in [-0.2, 0) is 15.1 Å². The zero-order chi connectivity index (χ0) is 9.35. The summed E-state index contributed by atoms with van der Waals surface area (Å²) < 4.78 is 30.2. The van der Waals surface area contributed by atoms with E-state index in [1.807, 2.05) is 0 Å². The van der Waals surface area contributed by atoms with Crippen molar-refractivity contribution in [1.82, 2.24) is 9.62 Å². The molecule has 1 aliphatic heterocycles. The van der Waals surface area contributed by atoms with Gasteiger partial charge in [-0.15, -0.1) is 0 Å². The van der Waals surface area contributed by atoms with Crippen molar-refractivity contribution in [3.05, 3.63) is 0 Å². The molecule has 0 aromatic carbocycles. The maximum Gasteiger partial charge on any atom is 0.361 e. The Morgan fingerprint density at radius 1 is 1.75 bits per heavy atom. The van der Waals surface area contributed by atoms with Crippen LogP contribution in [0.5, 0.6) is 0 Å². The van der Waals surface area contributed by atoms with E-state index >= 15 is 0 Å². The lowest BCUT2D eigenvalue weighted by Gasteiger charge is -2.10. The molecule has 1 heterocycles. The van der Waals surface area contributed by atoms with Crippen molar-refractivity contribution >= 4 is 33.9 Å². The Morgan fingerprint density at radius 2 is 2.33 bits per heavy atom. The van der Waals surface area contributed by atoms with Crippen LogP contribution in [-0.4, -0.2) is 41.3 Å². The minimum Gasteiger partial charge on any atom is -0.350 e. The lowest BCUT2D eigenvalue weighted by molar-refractivity contribution is -0.109. The van der Waals surface area contributed by atoms with Gasteiger partial charge in [0.05, 0.1) is 6.54 Å². The summed E-state index contributed by atoms with van der Waals surface area (Å²) in [4.78, 5) is 10.2. The van der Waals surface area contributed by atoms with E-state index in [4.69, 9.17) is 4.55 Å². The standard InChI is InChI=1S/C4H6N2O4S2/c7-2-3-1-6(4(11)5-3)12(8,9)10/h2-3H,1H2,(H,5,11)(H,8,9,10). The van der Waals surface area contributed by atoms with Crippen LogP contribution in [0.15, 0.2) is 0 Å². The van der Waals surface area contributed by atoms with E-state index in [0.29, 0.717) is 10.6 Å². The number of hydrogen-bond donors (Lipinski definition) is 2. The Bertz CT molecular complexity index is 311. The summed E-state index contributed by atoms with van der Waals surface area (Å²) in [6.45, 7) is -0.152. The van der Waals surface area contributed by atoms with Crippen LogP contribution in [0.1, 0.15) is 0 Å². The second kappa shape index (κ2) is 2.96. The average molecular weight is 210 g/mol. The number of rotatable bonds is 2. The molecule has 12 heavy (non-hydrogen) atoms. The molecular weight excluding hydrogens is 204 g/mol. The van der Waals surface area contributed by atoms with Gasteiger partial charge in [0, 0.05) is 0 Å². The van der Waals surface area contributed by atoms with Crippen LogP contribution in [0.25, 0.3) is 0 Å². The summed E-state index contributed by atoms with van der Waals surface area (Å²) in [5, 5.41) is 2.25. The molecule has 1 saturated heterocycles. The maximum absolute atomic E-state index is 10.5. The molecule has 1 atom stereocenters. The molecule has 0 aliphatic carbocycles. The third kappa shape index (κ3) is 1.71. The lowest BCUT2D eigenvalue weighted by Crippen LogP contribution is -2.33.